The van der Waals surface area contributed by atoms with Gasteiger partial charge in [-0.15, -0.1) is 0 Å². The van der Waals surface area contributed by atoms with Crippen LogP contribution in [0, 0.1) is 0 Å². The molecule has 266 valence electrons. The fourth-order valence-electron chi connectivity index (χ4n) is 6.78. The topological polar surface area (TPSA) is 191 Å². The highest BCUT2D eigenvalue weighted by atomic mass is 16.6. The Morgan fingerprint density at radius 1 is 0.654 bits per heavy atom. The summed E-state index contributed by atoms with van der Waals surface area (Å²) in [6.07, 6.45) is 0. The number of benzene rings is 4. The van der Waals surface area contributed by atoms with Crippen LogP contribution in [0.1, 0.15) is 33.3 Å². The maximum Gasteiger partial charge on any atom is 0.302 e. The van der Waals surface area contributed by atoms with Crippen LogP contribution in [0.3, 0.4) is 0 Å². The van der Waals surface area contributed by atoms with Gasteiger partial charge < -0.3 is 40.0 Å². The van der Waals surface area contributed by atoms with E-state index in [9.17, 15) is 29.1 Å². The Kier molecular flexibility index (Phi) is 8.32. The zero-order chi connectivity index (χ0) is 36.9. The maximum absolute atomic E-state index is 14.3. The van der Waals surface area contributed by atoms with Crippen LogP contribution in [0.2, 0.25) is 0 Å². The predicted octanol–water partition coefficient (Wildman–Crippen LogP) is 3.22. The smallest absolute Gasteiger partial charge is 0.302 e. The molecule has 0 aromatic heterocycles. The lowest BCUT2D eigenvalue weighted by molar-refractivity contribution is -0.148. The minimum absolute atomic E-state index is 0.0156. The van der Waals surface area contributed by atoms with Crippen molar-refractivity contribution in [1.82, 2.24) is 0 Å². The summed E-state index contributed by atoms with van der Waals surface area (Å²) < 4.78 is 21.5. The average molecular weight is 707 g/mol. The second-order valence-electron chi connectivity index (χ2n) is 12.9. The minimum atomic E-state index is -1.44. The van der Waals surface area contributed by atoms with Gasteiger partial charge in [0.15, 0.2) is 11.3 Å². The number of ketones is 1. The Morgan fingerprint density at radius 3 is 1.77 bits per heavy atom. The summed E-state index contributed by atoms with van der Waals surface area (Å²) in [7, 11) is 0. The van der Waals surface area contributed by atoms with E-state index in [1.807, 2.05) is 42.5 Å². The number of rotatable bonds is 9. The van der Waals surface area contributed by atoms with Crippen LogP contribution in [0.15, 0.2) is 71.4 Å². The molecule has 4 aromatic rings. The fourth-order valence-corrected chi connectivity index (χ4v) is 6.78. The van der Waals surface area contributed by atoms with Crippen molar-refractivity contribution < 1.29 is 48.0 Å². The first kappa shape index (κ1) is 34.0. The second kappa shape index (κ2) is 12.7. The van der Waals surface area contributed by atoms with Crippen molar-refractivity contribution in [2.24, 2.45) is 4.99 Å². The molecule has 0 saturated heterocycles. The molecule has 2 aliphatic heterocycles. The lowest BCUT2D eigenvalue weighted by Crippen LogP contribution is -2.56. The maximum atomic E-state index is 14.3. The fraction of sp³-hybridized carbons (Fsp3) is 0.263. The highest BCUT2D eigenvalue weighted by Crippen LogP contribution is 2.46. The van der Waals surface area contributed by atoms with Gasteiger partial charge in [0.05, 0.1) is 22.2 Å². The number of esters is 4. The molecule has 0 amide bonds. The van der Waals surface area contributed by atoms with Crippen LogP contribution < -0.4 is 26.5 Å². The van der Waals surface area contributed by atoms with Gasteiger partial charge in [-0.3, -0.25) is 24.0 Å². The van der Waals surface area contributed by atoms with E-state index in [-0.39, 0.29) is 43.3 Å². The molecule has 0 radical (unpaired) electrons. The van der Waals surface area contributed by atoms with E-state index in [1.54, 1.807) is 18.2 Å². The Hall–Kier alpha value is -6.44. The molecule has 0 fully saturated rings. The number of aliphatic hydroxyl groups excluding tert-OH is 1. The molecule has 0 spiro atoms. The van der Waals surface area contributed by atoms with Gasteiger partial charge in [-0.2, -0.15) is 0 Å². The quantitative estimate of drug-likeness (QED) is 0.147. The monoisotopic (exact) mass is 706 g/mol. The van der Waals surface area contributed by atoms with Crippen LogP contribution >= 0.6 is 0 Å². The SMILES string of the molecule is CC(=O)OCC1(COC(C)=O)N=c2/c(=C3\C(=O)C(c4ccc5cccc6c5c4NC(COC(C)=O)(COC(C)=O)N6)=C3O)ccc3cccc(c23)N1. The molecule has 4 N–H and O–H groups in total. The summed E-state index contributed by atoms with van der Waals surface area (Å²) in [4.78, 5) is 66.8. The van der Waals surface area contributed by atoms with Crippen LogP contribution in [-0.2, 0) is 42.9 Å². The third kappa shape index (κ3) is 5.91. The van der Waals surface area contributed by atoms with Crippen molar-refractivity contribution in [3.8, 4) is 0 Å². The van der Waals surface area contributed by atoms with Gasteiger partial charge in [-0.1, -0.05) is 48.5 Å². The highest BCUT2D eigenvalue weighted by molar-refractivity contribution is 6.52. The normalized spacial score (nSPS) is 17.1. The van der Waals surface area contributed by atoms with E-state index in [1.165, 1.54) is 27.7 Å². The highest BCUT2D eigenvalue weighted by Gasteiger charge is 2.43. The molecule has 3 aliphatic rings. The summed E-state index contributed by atoms with van der Waals surface area (Å²) >= 11 is 0. The first-order valence-corrected chi connectivity index (χ1v) is 16.4. The molecule has 0 atom stereocenters. The number of allylic oxidation sites excluding steroid dienone is 2. The van der Waals surface area contributed by atoms with Crippen molar-refractivity contribution in [3.05, 3.63) is 82.6 Å². The molecule has 0 unspecified atom stereocenters. The van der Waals surface area contributed by atoms with Crippen molar-refractivity contribution in [2.45, 2.75) is 39.0 Å². The minimum Gasteiger partial charge on any atom is -0.506 e. The van der Waals surface area contributed by atoms with E-state index in [4.69, 9.17) is 23.9 Å². The summed E-state index contributed by atoms with van der Waals surface area (Å²) in [5.74, 6) is -2.99. The molecule has 1 aliphatic carbocycles. The first-order valence-electron chi connectivity index (χ1n) is 16.4. The molecular weight excluding hydrogens is 672 g/mol. The molecule has 0 bridgehead atoms. The largest absolute Gasteiger partial charge is 0.506 e. The number of carbonyl (C=O) groups is 5. The Labute approximate surface area is 296 Å². The van der Waals surface area contributed by atoms with Gasteiger partial charge >= 0.3 is 23.9 Å². The van der Waals surface area contributed by atoms with E-state index in [2.05, 4.69) is 16.0 Å². The second-order valence-corrected chi connectivity index (χ2v) is 12.9. The molecule has 2 heterocycles. The van der Waals surface area contributed by atoms with Crippen LogP contribution in [0.4, 0.5) is 17.1 Å². The van der Waals surface area contributed by atoms with Gasteiger partial charge in [0.2, 0.25) is 5.78 Å². The van der Waals surface area contributed by atoms with Crippen molar-refractivity contribution in [3.63, 3.8) is 0 Å². The number of carbonyl (C=O) groups excluding carboxylic acids is 5. The van der Waals surface area contributed by atoms with Gasteiger partial charge in [-0.25, -0.2) is 4.99 Å². The summed E-state index contributed by atoms with van der Waals surface area (Å²) in [6.45, 7) is 3.96. The van der Waals surface area contributed by atoms with Gasteiger partial charge in [0.1, 0.15) is 32.2 Å². The molecular formula is C38H34N4O10. The van der Waals surface area contributed by atoms with Gasteiger partial charge in [-0.05, 0) is 22.9 Å². The summed E-state index contributed by atoms with van der Waals surface area (Å²) in [6, 6.07) is 18.1. The Morgan fingerprint density at radius 2 is 1.19 bits per heavy atom. The Bertz CT molecular complexity index is 2380. The average Bonchev–Trinajstić information content (AvgIpc) is 3.10. The molecule has 7 rings (SSSR count). The summed E-state index contributed by atoms with van der Waals surface area (Å²) in [5, 5.41) is 25.4. The zero-order valence-corrected chi connectivity index (χ0v) is 28.7. The van der Waals surface area contributed by atoms with Gasteiger partial charge in [0, 0.05) is 60.6 Å². The standard InChI is InChI=1S/C38H34N4O10/c1-19(43)49-15-37(16-50-20(2)44)39-27-9-5-7-23-11-13-25(33(41-37)29(23)27)31-35(47)32(36(31)48)26-14-12-24-8-6-10-28-30(24)34(26)42-38(40-28,17-51-21(3)45)18-52-22(4)46/h5-14,39-41,47H,15-18H2,1-4H3/b32-26-. The number of nitrogens with zero attached hydrogens (tertiary/aromatic N) is 1. The Balaban J connectivity index is 1.43. The lowest BCUT2D eigenvalue weighted by Gasteiger charge is -2.41. The molecule has 14 nitrogen and oxygen atoms in total. The van der Waals surface area contributed by atoms with Crippen molar-refractivity contribution in [2.75, 3.05) is 42.4 Å². The van der Waals surface area contributed by atoms with Crippen LogP contribution in [0.5, 0.6) is 0 Å². The number of hydrogen-bond donors (Lipinski definition) is 4. The van der Waals surface area contributed by atoms with E-state index in [0.29, 0.717) is 44.0 Å². The third-order valence-corrected chi connectivity index (χ3v) is 9.03. The van der Waals surface area contributed by atoms with Crippen molar-refractivity contribution >= 4 is 79.4 Å². The number of aliphatic hydroxyl groups is 1. The number of hydrogen-bond acceptors (Lipinski definition) is 14. The van der Waals surface area contributed by atoms with E-state index in [0.717, 1.165) is 10.8 Å². The molecule has 52 heavy (non-hydrogen) atoms. The number of anilines is 3. The van der Waals surface area contributed by atoms with Crippen LogP contribution in [0.25, 0.3) is 32.7 Å². The lowest BCUT2D eigenvalue weighted by atomic mass is 9.80. The van der Waals surface area contributed by atoms with Crippen molar-refractivity contribution in [1.29, 1.82) is 0 Å². The number of nitrogens with one attached hydrogen (secondary N) is 3. The van der Waals surface area contributed by atoms with E-state index < -0.39 is 41.0 Å². The van der Waals surface area contributed by atoms with Crippen LogP contribution in [-0.4, -0.2) is 72.5 Å². The number of Topliss-reactive ketones (excluding diaryl/α,β-unsaturated/α-hetero) is 1. The molecule has 4 aromatic carbocycles. The first-order chi connectivity index (χ1) is 24.8. The predicted molar refractivity (Wildman–Crippen MR) is 190 cm³/mol. The number of ether oxygens (including phenoxy) is 4. The zero-order valence-electron chi connectivity index (χ0n) is 28.7. The molecule has 14 heteroatoms. The van der Waals surface area contributed by atoms with Gasteiger partial charge in [0.25, 0.3) is 0 Å². The third-order valence-electron chi connectivity index (χ3n) is 9.03. The summed E-state index contributed by atoms with van der Waals surface area (Å²) in [5.41, 5.74) is -0.658. The van der Waals surface area contributed by atoms with E-state index >= 15 is 0 Å². The molecule has 0 saturated carbocycles.